The van der Waals surface area contributed by atoms with Crippen molar-refractivity contribution in [3.63, 3.8) is 0 Å². The highest BCUT2D eigenvalue weighted by molar-refractivity contribution is 7.90. The Balaban J connectivity index is 1.48. The molecule has 1 atom stereocenters. The molecule has 0 spiro atoms. The number of sulfonamides is 1. The molecule has 27 heavy (non-hydrogen) atoms. The molecule has 2 aliphatic carbocycles. The Morgan fingerprint density at radius 2 is 2.07 bits per heavy atom. The lowest BCUT2D eigenvalue weighted by Crippen LogP contribution is -2.50. The molecule has 3 aliphatic rings. The summed E-state index contributed by atoms with van der Waals surface area (Å²) in [5.41, 5.74) is 0.300. The van der Waals surface area contributed by atoms with Crippen LogP contribution in [0.5, 0.6) is 0 Å². The molecule has 2 saturated carbocycles. The lowest BCUT2D eigenvalue weighted by atomic mass is 9.75. The van der Waals surface area contributed by atoms with Gasteiger partial charge in [-0.2, -0.15) is 4.98 Å². The minimum absolute atomic E-state index is 0.177. The van der Waals surface area contributed by atoms with E-state index in [-0.39, 0.29) is 10.7 Å². The van der Waals surface area contributed by atoms with E-state index in [2.05, 4.69) is 15.1 Å². The largest absolute Gasteiger partial charge is 0.332 e. The third-order valence-corrected chi connectivity index (χ3v) is 8.35. The quantitative estimate of drug-likeness (QED) is 0.756. The molecule has 0 amide bonds. The molecule has 5 rings (SSSR count). The second kappa shape index (κ2) is 6.38. The van der Waals surface area contributed by atoms with E-state index in [9.17, 15) is 8.42 Å². The van der Waals surface area contributed by atoms with Crippen LogP contribution in [0.25, 0.3) is 11.6 Å². The topological polar surface area (TPSA) is 89.2 Å². The van der Waals surface area contributed by atoms with E-state index in [1.807, 2.05) is 18.2 Å². The molecular weight excluding hydrogens is 364 g/mol. The Morgan fingerprint density at radius 3 is 2.78 bits per heavy atom. The number of hydrogen-bond donors (Lipinski definition) is 0. The van der Waals surface area contributed by atoms with Gasteiger partial charge in [0.15, 0.2) is 5.82 Å². The van der Waals surface area contributed by atoms with E-state index in [0.717, 1.165) is 32.1 Å². The van der Waals surface area contributed by atoms with Crippen molar-refractivity contribution in [1.29, 1.82) is 0 Å². The number of pyridine rings is 1. The standard InChI is InChI=1S/C19H24N4O3S/c24-27(25,15-7-8-15)23-11-3-9-19(13-23,12-14-5-6-14)18-21-17(26-22-18)16-4-1-2-10-20-16/h1-2,4,10,14-15H,3,5-9,11-13H2. The third kappa shape index (κ3) is 3.29. The van der Waals surface area contributed by atoms with E-state index >= 15 is 0 Å². The fourth-order valence-corrected chi connectivity index (χ4v) is 6.19. The molecule has 2 aromatic heterocycles. The van der Waals surface area contributed by atoms with Crippen LogP contribution in [-0.4, -0.2) is 46.2 Å². The van der Waals surface area contributed by atoms with Gasteiger partial charge in [-0.15, -0.1) is 0 Å². The maximum Gasteiger partial charge on any atom is 0.276 e. The molecular formula is C19H24N4O3S. The third-order valence-electron chi connectivity index (χ3n) is 6.01. The summed E-state index contributed by atoms with van der Waals surface area (Å²) in [4.78, 5) is 8.96. The zero-order valence-corrected chi connectivity index (χ0v) is 16.1. The number of nitrogens with zero attached hydrogens (tertiary/aromatic N) is 4. The molecule has 1 saturated heterocycles. The molecule has 0 aromatic carbocycles. The first-order chi connectivity index (χ1) is 13.1. The van der Waals surface area contributed by atoms with Crippen LogP contribution >= 0.6 is 0 Å². The molecule has 0 radical (unpaired) electrons. The minimum atomic E-state index is -3.19. The molecule has 2 aromatic rings. The van der Waals surface area contributed by atoms with Gasteiger partial charge in [0.1, 0.15) is 5.69 Å². The van der Waals surface area contributed by atoms with Gasteiger partial charge in [-0.05, 0) is 50.2 Å². The van der Waals surface area contributed by atoms with Crippen LogP contribution in [0.1, 0.15) is 50.8 Å². The number of rotatable bonds is 6. The SMILES string of the molecule is O=S(=O)(C1CC1)N1CCCC(CC2CC2)(c2noc(-c3ccccn3)n2)C1. The maximum atomic E-state index is 12.8. The van der Waals surface area contributed by atoms with Gasteiger partial charge in [0.2, 0.25) is 10.0 Å². The van der Waals surface area contributed by atoms with E-state index in [1.54, 1.807) is 10.5 Å². The Bertz CT molecular complexity index is 921. The Hall–Kier alpha value is -1.80. The number of hydrogen-bond acceptors (Lipinski definition) is 6. The molecule has 1 unspecified atom stereocenters. The molecule has 0 bridgehead atoms. The molecule has 0 N–H and O–H groups in total. The lowest BCUT2D eigenvalue weighted by Gasteiger charge is -2.40. The second-order valence-corrected chi connectivity index (χ2v) is 10.5. The Morgan fingerprint density at radius 1 is 1.22 bits per heavy atom. The van der Waals surface area contributed by atoms with E-state index in [0.29, 0.717) is 36.4 Å². The van der Waals surface area contributed by atoms with Gasteiger partial charge in [0.05, 0.1) is 5.25 Å². The van der Waals surface area contributed by atoms with Crippen molar-refractivity contribution in [2.45, 2.75) is 55.6 Å². The monoisotopic (exact) mass is 388 g/mol. The summed E-state index contributed by atoms with van der Waals surface area (Å²) >= 11 is 0. The van der Waals surface area contributed by atoms with Gasteiger partial charge >= 0.3 is 0 Å². The highest BCUT2D eigenvalue weighted by Gasteiger charge is 2.49. The summed E-state index contributed by atoms with van der Waals surface area (Å²) in [5, 5.41) is 4.12. The van der Waals surface area contributed by atoms with Gasteiger partial charge in [0.25, 0.3) is 5.89 Å². The number of aromatic nitrogens is 3. The van der Waals surface area contributed by atoms with Crippen LogP contribution in [0.4, 0.5) is 0 Å². The van der Waals surface area contributed by atoms with Gasteiger partial charge in [-0.3, -0.25) is 4.98 Å². The maximum absolute atomic E-state index is 12.8. The van der Waals surface area contributed by atoms with Crippen molar-refractivity contribution in [2.24, 2.45) is 5.92 Å². The predicted octanol–water partition coefficient (Wildman–Crippen LogP) is 2.76. The van der Waals surface area contributed by atoms with Crippen molar-refractivity contribution in [1.82, 2.24) is 19.4 Å². The Kier molecular flexibility index (Phi) is 4.09. The van der Waals surface area contributed by atoms with Crippen molar-refractivity contribution in [2.75, 3.05) is 13.1 Å². The van der Waals surface area contributed by atoms with E-state index in [1.165, 1.54) is 12.8 Å². The van der Waals surface area contributed by atoms with Crippen LogP contribution in [-0.2, 0) is 15.4 Å². The van der Waals surface area contributed by atoms with E-state index in [4.69, 9.17) is 4.52 Å². The zero-order valence-electron chi connectivity index (χ0n) is 15.2. The lowest BCUT2D eigenvalue weighted by molar-refractivity contribution is 0.190. The smallest absolute Gasteiger partial charge is 0.276 e. The molecule has 3 heterocycles. The highest BCUT2D eigenvalue weighted by Crippen LogP contribution is 2.47. The highest BCUT2D eigenvalue weighted by atomic mass is 32.2. The molecule has 3 fully saturated rings. The van der Waals surface area contributed by atoms with Crippen molar-refractivity contribution in [3.05, 3.63) is 30.2 Å². The van der Waals surface area contributed by atoms with Crippen LogP contribution in [0.3, 0.4) is 0 Å². The van der Waals surface area contributed by atoms with Crippen LogP contribution in [0.2, 0.25) is 0 Å². The molecule has 7 nitrogen and oxygen atoms in total. The summed E-state index contributed by atoms with van der Waals surface area (Å²) in [5.74, 6) is 1.69. The summed E-state index contributed by atoms with van der Waals surface area (Å²) in [6.07, 6.45) is 8.38. The van der Waals surface area contributed by atoms with Crippen molar-refractivity contribution < 1.29 is 12.9 Å². The first-order valence-corrected chi connectivity index (χ1v) is 11.3. The van der Waals surface area contributed by atoms with Gasteiger partial charge in [-0.25, -0.2) is 12.7 Å². The van der Waals surface area contributed by atoms with Crippen molar-refractivity contribution in [3.8, 4) is 11.6 Å². The summed E-state index contributed by atoms with van der Waals surface area (Å²) in [6, 6.07) is 5.57. The van der Waals surface area contributed by atoms with Gasteiger partial charge in [0, 0.05) is 24.7 Å². The molecule has 144 valence electrons. The predicted molar refractivity (Wildman–Crippen MR) is 99.3 cm³/mol. The molecule has 8 heteroatoms. The Labute approximate surface area is 159 Å². The molecule has 1 aliphatic heterocycles. The second-order valence-electron chi connectivity index (χ2n) is 8.25. The minimum Gasteiger partial charge on any atom is -0.332 e. The number of piperidine rings is 1. The zero-order chi connectivity index (χ0) is 18.5. The van der Waals surface area contributed by atoms with Crippen LogP contribution < -0.4 is 0 Å². The first kappa shape index (κ1) is 17.3. The fourth-order valence-electron chi connectivity index (χ4n) is 4.23. The van der Waals surface area contributed by atoms with Gasteiger partial charge in [-0.1, -0.05) is 24.1 Å². The average molecular weight is 388 g/mol. The summed E-state index contributed by atoms with van der Waals surface area (Å²) < 4.78 is 32.9. The van der Waals surface area contributed by atoms with Crippen LogP contribution in [0.15, 0.2) is 28.9 Å². The summed E-state index contributed by atoms with van der Waals surface area (Å²) in [6.45, 7) is 1.08. The average Bonchev–Trinajstić information content (AvgIpc) is 3.62. The van der Waals surface area contributed by atoms with E-state index < -0.39 is 10.0 Å². The van der Waals surface area contributed by atoms with Crippen LogP contribution in [0, 0.1) is 5.92 Å². The fraction of sp³-hybridized carbons (Fsp3) is 0.632. The summed E-state index contributed by atoms with van der Waals surface area (Å²) in [7, 11) is -3.19. The first-order valence-electron chi connectivity index (χ1n) is 9.81. The van der Waals surface area contributed by atoms with Gasteiger partial charge < -0.3 is 4.52 Å². The normalized spacial score (nSPS) is 27.0. The van der Waals surface area contributed by atoms with Crippen molar-refractivity contribution >= 4 is 10.0 Å².